The van der Waals surface area contributed by atoms with E-state index in [0.717, 1.165) is 45.6 Å². The van der Waals surface area contributed by atoms with Gasteiger partial charge in [-0.1, -0.05) is 72.8 Å². The van der Waals surface area contributed by atoms with Crippen LogP contribution >= 0.6 is 0 Å². The van der Waals surface area contributed by atoms with Crippen LogP contribution in [0, 0.1) is 0 Å². The largest absolute Gasteiger partial charge is 0.496 e. The van der Waals surface area contributed by atoms with Gasteiger partial charge in [0.15, 0.2) is 0 Å². The van der Waals surface area contributed by atoms with E-state index in [1.54, 1.807) is 38.5 Å². The van der Waals surface area contributed by atoms with Gasteiger partial charge in [-0.25, -0.2) is 0 Å². The Bertz CT molecular complexity index is 1310. The van der Waals surface area contributed by atoms with E-state index in [4.69, 9.17) is 9.47 Å². The van der Waals surface area contributed by atoms with Gasteiger partial charge >= 0.3 is 0 Å². The summed E-state index contributed by atoms with van der Waals surface area (Å²) in [6, 6.07) is 23.2. The summed E-state index contributed by atoms with van der Waals surface area (Å²) in [5.74, 6) is 1.28. The Hall–Kier alpha value is -4.44. The third-order valence-corrected chi connectivity index (χ3v) is 5.62. The normalized spacial score (nSPS) is 11.2. The van der Waals surface area contributed by atoms with Crippen molar-refractivity contribution in [3.63, 3.8) is 0 Å². The highest BCUT2D eigenvalue weighted by atomic mass is 16.5. The Kier molecular flexibility index (Phi) is 6.99. The lowest BCUT2D eigenvalue weighted by atomic mass is 9.98. The van der Waals surface area contributed by atoms with Crippen LogP contribution in [0.25, 0.3) is 35.1 Å². The molecule has 0 spiro atoms. The van der Waals surface area contributed by atoms with Gasteiger partial charge in [-0.2, -0.15) is 0 Å². The van der Waals surface area contributed by atoms with Crippen molar-refractivity contribution in [2.45, 2.75) is 0 Å². The molecule has 0 radical (unpaired) electrons. The molecule has 34 heavy (non-hydrogen) atoms. The molecule has 0 amide bonds. The average molecular weight is 449 g/mol. The van der Waals surface area contributed by atoms with Gasteiger partial charge < -0.3 is 9.47 Å². The zero-order valence-electron chi connectivity index (χ0n) is 19.0. The fraction of sp³-hybridized carbons (Fsp3) is 0.0667. The fourth-order valence-corrected chi connectivity index (χ4v) is 3.80. The van der Waals surface area contributed by atoms with Gasteiger partial charge in [-0.15, -0.1) is 0 Å². The van der Waals surface area contributed by atoms with Crippen LogP contribution < -0.4 is 9.47 Å². The molecule has 0 heterocycles. The Balaban J connectivity index is 1.77. The first-order chi connectivity index (χ1) is 16.6. The molecule has 0 aromatic heterocycles. The number of ether oxygens (including phenoxy) is 2. The van der Waals surface area contributed by atoms with Crippen molar-refractivity contribution in [2.24, 2.45) is 0 Å². The van der Waals surface area contributed by atoms with Crippen molar-refractivity contribution in [2.75, 3.05) is 14.2 Å². The van der Waals surface area contributed by atoms with Crippen LogP contribution in [0.2, 0.25) is 0 Å². The molecule has 0 aliphatic heterocycles. The van der Waals surface area contributed by atoms with Crippen LogP contribution in [0.4, 0.5) is 0 Å². The van der Waals surface area contributed by atoms with E-state index in [0.29, 0.717) is 22.6 Å². The summed E-state index contributed by atoms with van der Waals surface area (Å²) in [4.78, 5) is 22.2. The Morgan fingerprint density at radius 3 is 1.32 bits per heavy atom. The van der Waals surface area contributed by atoms with E-state index in [1.165, 1.54) is 0 Å². The molecule has 4 nitrogen and oxygen atoms in total. The van der Waals surface area contributed by atoms with Crippen molar-refractivity contribution in [1.29, 1.82) is 0 Å². The molecular formula is C30H24O4. The highest BCUT2D eigenvalue weighted by molar-refractivity contribution is 5.92. The van der Waals surface area contributed by atoms with E-state index < -0.39 is 0 Å². The second-order valence-corrected chi connectivity index (χ2v) is 7.73. The maximum Gasteiger partial charge on any atom is 0.150 e. The van der Waals surface area contributed by atoms with Gasteiger partial charge in [0.05, 0.1) is 14.2 Å². The maximum atomic E-state index is 11.1. The highest BCUT2D eigenvalue weighted by Gasteiger charge is 2.06. The number of fused-ring (bicyclic) bond motifs is 1. The molecule has 4 aromatic carbocycles. The van der Waals surface area contributed by atoms with Gasteiger partial charge in [0.1, 0.15) is 24.1 Å². The molecule has 168 valence electrons. The van der Waals surface area contributed by atoms with E-state index in [1.807, 2.05) is 48.6 Å². The smallest absolute Gasteiger partial charge is 0.150 e. The number of rotatable bonds is 8. The summed E-state index contributed by atoms with van der Waals surface area (Å²) in [6.45, 7) is 0. The number of hydrogen-bond acceptors (Lipinski definition) is 4. The summed E-state index contributed by atoms with van der Waals surface area (Å²) in [5, 5.41) is 2.27. The fourth-order valence-electron chi connectivity index (χ4n) is 3.80. The summed E-state index contributed by atoms with van der Waals surface area (Å²) in [5.41, 5.74) is 4.94. The summed E-state index contributed by atoms with van der Waals surface area (Å²) in [6.07, 6.45) is 9.65. The van der Waals surface area contributed by atoms with Crippen molar-refractivity contribution in [1.82, 2.24) is 0 Å². The van der Waals surface area contributed by atoms with Gasteiger partial charge in [-0.3, -0.25) is 9.59 Å². The van der Waals surface area contributed by atoms with Crippen LogP contribution in [0.5, 0.6) is 11.5 Å². The van der Waals surface area contributed by atoms with E-state index in [-0.39, 0.29) is 0 Å². The lowest BCUT2D eigenvalue weighted by Crippen LogP contribution is -1.90. The van der Waals surface area contributed by atoms with Crippen LogP contribution in [0.15, 0.2) is 72.8 Å². The maximum absolute atomic E-state index is 11.1. The summed E-state index contributed by atoms with van der Waals surface area (Å²) in [7, 11) is 3.18. The zero-order chi connectivity index (χ0) is 23.9. The molecule has 0 bridgehead atoms. The van der Waals surface area contributed by atoms with Crippen molar-refractivity contribution in [3.8, 4) is 11.5 Å². The first-order valence-corrected chi connectivity index (χ1v) is 10.8. The zero-order valence-corrected chi connectivity index (χ0v) is 19.0. The molecule has 4 rings (SSSR count). The predicted octanol–water partition coefficient (Wildman–Crippen LogP) is 6.82. The summed E-state index contributed by atoms with van der Waals surface area (Å²) < 4.78 is 10.9. The number of carbonyl (C=O) groups excluding carboxylic acids is 2. The van der Waals surface area contributed by atoms with Gasteiger partial charge in [-0.05, 0) is 46.2 Å². The van der Waals surface area contributed by atoms with Gasteiger partial charge in [0.2, 0.25) is 0 Å². The number of aldehydes is 2. The molecule has 0 saturated carbocycles. The van der Waals surface area contributed by atoms with Crippen molar-refractivity contribution < 1.29 is 19.1 Å². The number of carbonyl (C=O) groups is 2. The molecule has 0 fully saturated rings. The van der Waals surface area contributed by atoms with E-state index in [9.17, 15) is 9.59 Å². The Labute approximate surface area is 198 Å². The van der Waals surface area contributed by atoms with Crippen LogP contribution in [-0.4, -0.2) is 26.8 Å². The minimum Gasteiger partial charge on any atom is -0.496 e. The first-order valence-electron chi connectivity index (χ1n) is 10.8. The lowest BCUT2D eigenvalue weighted by molar-refractivity contribution is 0.111. The molecule has 0 atom stereocenters. The number of methoxy groups -OCH3 is 2. The van der Waals surface area contributed by atoms with Gasteiger partial charge in [0.25, 0.3) is 0 Å². The third kappa shape index (κ3) is 4.97. The van der Waals surface area contributed by atoms with Crippen LogP contribution in [0.1, 0.15) is 43.0 Å². The van der Waals surface area contributed by atoms with Crippen molar-refractivity contribution >= 4 is 47.6 Å². The second-order valence-electron chi connectivity index (χ2n) is 7.73. The molecule has 0 aliphatic rings. The molecule has 0 aliphatic carbocycles. The van der Waals surface area contributed by atoms with E-state index in [2.05, 4.69) is 24.3 Å². The minimum atomic E-state index is 0.567. The monoisotopic (exact) mass is 448 g/mol. The van der Waals surface area contributed by atoms with Crippen LogP contribution in [0.3, 0.4) is 0 Å². The molecule has 0 N–H and O–H groups in total. The van der Waals surface area contributed by atoms with E-state index >= 15 is 0 Å². The minimum absolute atomic E-state index is 0.567. The van der Waals surface area contributed by atoms with Crippen molar-refractivity contribution in [3.05, 3.63) is 106 Å². The Morgan fingerprint density at radius 1 is 0.529 bits per heavy atom. The average Bonchev–Trinajstić information content (AvgIpc) is 2.90. The lowest BCUT2D eigenvalue weighted by Gasteiger charge is -2.09. The molecular weight excluding hydrogens is 424 g/mol. The quantitative estimate of drug-likeness (QED) is 0.219. The molecule has 0 unspecified atom stereocenters. The topological polar surface area (TPSA) is 52.6 Å². The molecule has 4 aromatic rings. The second kappa shape index (κ2) is 10.5. The third-order valence-electron chi connectivity index (χ3n) is 5.62. The molecule has 4 heteroatoms. The highest BCUT2D eigenvalue weighted by Crippen LogP contribution is 2.28. The standard InChI is InChI=1S/C30H24O4/c1-33-29-15-21(19-31)7-9-23(29)11-13-27-17-25-5-3-4-6-26(25)18-28(27)14-12-24-10-8-22(20-32)16-30(24)34-2/h3-20H,1-2H3. The number of benzene rings is 4. The first kappa shape index (κ1) is 22.7. The SMILES string of the molecule is COc1cc(C=O)ccc1C=Cc1cc2ccccc2cc1C=Cc1ccc(C=O)cc1OC. The van der Waals surface area contributed by atoms with Crippen LogP contribution in [-0.2, 0) is 0 Å². The summed E-state index contributed by atoms with van der Waals surface area (Å²) >= 11 is 0. The predicted molar refractivity (Wildman–Crippen MR) is 139 cm³/mol. The Morgan fingerprint density at radius 2 is 0.941 bits per heavy atom. The van der Waals surface area contributed by atoms with Gasteiger partial charge in [0, 0.05) is 22.3 Å². The molecule has 0 saturated heterocycles. The number of hydrogen-bond donors (Lipinski definition) is 0.